The molecule has 0 saturated heterocycles. The highest BCUT2D eigenvalue weighted by Gasteiger charge is 2.38. The Bertz CT molecular complexity index is 410. The molecule has 0 aromatic carbocycles. The van der Waals surface area contributed by atoms with Gasteiger partial charge in [0, 0.05) is 30.1 Å². The first kappa shape index (κ1) is 18.9. The molecule has 114 valence electrons. The van der Waals surface area contributed by atoms with Crippen LogP contribution in [0.5, 0.6) is 0 Å². The van der Waals surface area contributed by atoms with E-state index in [-0.39, 0.29) is 5.38 Å². The number of hydrogen-bond acceptors (Lipinski definition) is 5. The molecule has 0 aliphatic rings. The predicted octanol–water partition coefficient (Wildman–Crippen LogP) is 0.784. The number of halogens is 4. The fourth-order valence-corrected chi connectivity index (χ4v) is 2.02. The first-order chi connectivity index (χ1) is 9.18. The van der Waals surface area contributed by atoms with E-state index in [2.05, 4.69) is 9.97 Å². The lowest BCUT2D eigenvalue weighted by Crippen LogP contribution is -2.25. The Kier molecular flexibility index (Phi) is 8.46. The smallest absolute Gasteiger partial charge is 0.490 e. The molecule has 6 nitrogen and oxygen atoms in total. The molecule has 1 heterocycles. The topological polar surface area (TPSA) is 112 Å². The molecule has 0 saturated carbocycles. The maximum Gasteiger partial charge on any atom is 0.490 e. The van der Waals surface area contributed by atoms with E-state index in [4.69, 9.17) is 27.2 Å². The molecule has 1 aromatic heterocycles. The van der Waals surface area contributed by atoms with Gasteiger partial charge in [0.05, 0.1) is 5.38 Å². The molecular weight excluding hydrogens is 323 g/mol. The van der Waals surface area contributed by atoms with Crippen LogP contribution >= 0.6 is 11.6 Å². The van der Waals surface area contributed by atoms with Gasteiger partial charge >= 0.3 is 17.3 Å². The normalized spacial score (nSPS) is 13.9. The molecule has 1 aromatic rings. The van der Waals surface area contributed by atoms with Crippen molar-refractivity contribution in [3.8, 4) is 0 Å². The molecule has 3 N–H and O–H groups in total. The van der Waals surface area contributed by atoms with Crippen molar-refractivity contribution in [2.75, 3.05) is 12.3 Å². The molecule has 2 atom stereocenters. The lowest BCUT2D eigenvalue weighted by atomic mass is 10.5. The van der Waals surface area contributed by atoms with Gasteiger partial charge in [-0.1, -0.05) is 0 Å². The third kappa shape index (κ3) is 8.15. The van der Waals surface area contributed by atoms with Gasteiger partial charge in [-0.2, -0.15) is 23.1 Å². The van der Waals surface area contributed by atoms with Crippen LogP contribution in [0.4, 0.5) is 13.2 Å². The third-order valence-electron chi connectivity index (χ3n) is 1.58. The van der Waals surface area contributed by atoms with Crippen molar-refractivity contribution in [3.63, 3.8) is 0 Å². The SMILES string of the molecule is NCC(Cl)C[S+]([O-])c1ncccn1.O=C(O)C(F)(F)F. The van der Waals surface area contributed by atoms with Gasteiger partial charge in [-0.25, -0.2) is 4.79 Å². The zero-order valence-electron chi connectivity index (χ0n) is 9.88. The molecule has 0 aliphatic carbocycles. The minimum absolute atomic E-state index is 0.287. The Morgan fingerprint density at radius 3 is 2.30 bits per heavy atom. The summed E-state index contributed by atoms with van der Waals surface area (Å²) < 4.78 is 43.2. The molecule has 0 radical (unpaired) electrons. The van der Waals surface area contributed by atoms with E-state index in [9.17, 15) is 17.7 Å². The standard InChI is InChI=1S/C7H10ClN3OS.C2HF3O2/c8-6(4-9)5-13(12)7-10-2-1-3-11-7;3-2(4,5)1(6)7/h1-3,6H,4-5,9H2;(H,6,7). The molecular formula is C9H11ClF3N3O3S. The molecule has 0 fully saturated rings. The molecule has 1 rings (SSSR count). The van der Waals surface area contributed by atoms with Crippen molar-refractivity contribution < 1.29 is 27.6 Å². The van der Waals surface area contributed by atoms with Crippen LogP contribution in [0.15, 0.2) is 23.6 Å². The Morgan fingerprint density at radius 2 is 1.95 bits per heavy atom. The number of carboxylic acids is 1. The highest BCUT2D eigenvalue weighted by Crippen LogP contribution is 2.13. The van der Waals surface area contributed by atoms with E-state index >= 15 is 0 Å². The number of nitrogens with two attached hydrogens (primary N) is 1. The van der Waals surface area contributed by atoms with Crippen molar-refractivity contribution in [2.24, 2.45) is 5.73 Å². The number of carbonyl (C=O) groups is 1. The van der Waals surface area contributed by atoms with E-state index in [1.165, 1.54) is 0 Å². The summed E-state index contributed by atoms with van der Waals surface area (Å²) in [6.45, 7) is 0.306. The van der Waals surface area contributed by atoms with Crippen LogP contribution in [-0.4, -0.2) is 49.4 Å². The number of hydrogen-bond donors (Lipinski definition) is 2. The first-order valence-electron chi connectivity index (χ1n) is 4.98. The molecule has 20 heavy (non-hydrogen) atoms. The van der Waals surface area contributed by atoms with Crippen LogP contribution in [0.3, 0.4) is 0 Å². The van der Waals surface area contributed by atoms with Gasteiger partial charge < -0.3 is 15.4 Å². The number of carboxylic acid groups (broad SMARTS) is 1. The summed E-state index contributed by atoms with van der Waals surface area (Å²) in [5.74, 6) is -2.46. The monoisotopic (exact) mass is 333 g/mol. The fraction of sp³-hybridized carbons (Fsp3) is 0.444. The van der Waals surface area contributed by atoms with E-state index in [0.29, 0.717) is 17.5 Å². The van der Waals surface area contributed by atoms with Gasteiger partial charge in [-0.05, 0) is 6.07 Å². The molecule has 0 spiro atoms. The summed E-state index contributed by atoms with van der Waals surface area (Å²) in [4.78, 5) is 16.6. The van der Waals surface area contributed by atoms with E-state index in [0.717, 1.165) is 0 Å². The average molecular weight is 334 g/mol. The summed E-state index contributed by atoms with van der Waals surface area (Å²) in [7, 11) is 0. The van der Waals surface area contributed by atoms with Crippen LogP contribution in [0.25, 0.3) is 0 Å². The first-order valence-corrected chi connectivity index (χ1v) is 6.73. The lowest BCUT2D eigenvalue weighted by Gasteiger charge is -2.09. The van der Waals surface area contributed by atoms with Crippen molar-refractivity contribution in [3.05, 3.63) is 18.5 Å². The Labute approximate surface area is 120 Å². The Morgan fingerprint density at radius 1 is 1.50 bits per heavy atom. The van der Waals surface area contributed by atoms with Crippen molar-refractivity contribution in [1.29, 1.82) is 0 Å². The molecule has 11 heteroatoms. The van der Waals surface area contributed by atoms with Crippen LogP contribution in [-0.2, 0) is 16.0 Å². The Hall–Kier alpha value is -1.10. The van der Waals surface area contributed by atoms with Gasteiger partial charge in [-0.3, -0.25) is 0 Å². The number of nitrogens with zero attached hydrogens (tertiary/aromatic N) is 2. The maximum absolute atomic E-state index is 11.5. The third-order valence-corrected chi connectivity index (χ3v) is 3.41. The second-order valence-electron chi connectivity index (χ2n) is 3.18. The van der Waals surface area contributed by atoms with E-state index in [1.54, 1.807) is 18.5 Å². The van der Waals surface area contributed by atoms with Gasteiger partial charge in [0.1, 0.15) is 5.75 Å². The summed E-state index contributed by atoms with van der Waals surface area (Å²) in [6.07, 6.45) is -1.99. The summed E-state index contributed by atoms with van der Waals surface area (Å²) >= 11 is 4.49. The van der Waals surface area contributed by atoms with Crippen LogP contribution in [0, 0.1) is 0 Å². The highest BCUT2D eigenvalue weighted by molar-refractivity contribution is 7.91. The van der Waals surface area contributed by atoms with Crippen molar-refractivity contribution >= 4 is 28.7 Å². The Balaban J connectivity index is 0.000000441. The van der Waals surface area contributed by atoms with Crippen molar-refractivity contribution in [1.82, 2.24) is 9.97 Å². The zero-order chi connectivity index (χ0) is 15.8. The minimum Gasteiger partial charge on any atom is -0.609 e. The number of rotatable bonds is 4. The quantitative estimate of drug-likeness (QED) is 0.478. The van der Waals surface area contributed by atoms with Crippen LogP contribution in [0.2, 0.25) is 0 Å². The van der Waals surface area contributed by atoms with Gasteiger partial charge in [-0.15, -0.1) is 11.6 Å². The summed E-state index contributed by atoms with van der Waals surface area (Å²) in [5.41, 5.74) is 5.29. The minimum atomic E-state index is -5.08. The fourth-order valence-electron chi connectivity index (χ4n) is 0.710. The van der Waals surface area contributed by atoms with Gasteiger partial charge in [0.25, 0.3) is 0 Å². The predicted molar refractivity (Wildman–Crippen MR) is 65.7 cm³/mol. The number of aliphatic carboxylic acids is 1. The second-order valence-corrected chi connectivity index (χ2v) is 5.19. The zero-order valence-corrected chi connectivity index (χ0v) is 11.5. The van der Waals surface area contributed by atoms with E-state index in [1.807, 2.05) is 0 Å². The molecule has 0 amide bonds. The summed E-state index contributed by atoms with van der Waals surface area (Å²) in [6, 6.07) is 1.67. The average Bonchev–Trinajstić information content (AvgIpc) is 2.39. The number of alkyl halides is 4. The van der Waals surface area contributed by atoms with Crippen molar-refractivity contribution in [2.45, 2.75) is 16.7 Å². The second kappa shape index (κ2) is 8.95. The molecule has 0 aliphatic heterocycles. The van der Waals surface area contributed by atoms with Crippen LogP contribution < -0.4 is 5.73 Å². The lowest BCUT2D eigenvalue weighted by molar-refractivity contribution is -0.192. The van der Waals surface area contributed by atoms with Gasteiger partial charge in [0.15, 0.2) is 0 Å². The number of aromatic nitrogens is 2. The van der Waals surface area contributed by atoms with Crippen LogP contribution in [0.1, 0.15) is 0 Å². The maximum atomic E-state index is 11.5. The summed E-state index contributed by atoms with van der Waals surface area (Å²) in [5, 5.41) is 7.14. The van der Waals surface area contributed by atoms with Gasteiger partial charge in [0.2, 0.25) is 0 Å². The highest BCUT2D eigenvalue weighted by atomic mass is 35.5. The van der Waals surface area contributed by atoms with E-state index < -0.39 is 23.3 Å². The largest absolute Gasteiger partial charge is 0.609 e. The molecule has 2 unspecified atom stereocenters. The molecule has 0 bridgehead atoms.